The fraction of sp³-hybridized carbons (Fsp3) is 0.136. The summed E-state index contributed by atoms with van der Waals surface area (Å²) in [6.07, 6.45) is 2.24. The number of anilines is 2. The van der Waals surface area contributed by atoms with Crippen LogP contribution >= 0.6 is 0 Å². The van der Waals surface area contributed by atoms with Gasteiger partial charge in [-0.05, 0) is 48.4 Å². The molecule has 0 spiro atoms. The third-order valence-corrected chi connectivity index (χ3v) is 4.19. The largest absolute Gasteiger partial charge is 0.497 e. The van der Waals surface area contributed by atoms with Crippen LogP contribution in [0.5, 0.6) is 5.75 Å². The molecule has 28 heavy (non-hydrogen) atoms. The molecule has 0 unspecified atom stereocenters. The monoisotopic (exact) mass is 372 g/mol. The average Bonchev–Trinajstić information content (AvgIpc) is 2.75. The second kappa shape index (κ2) is 9.19. The van der Waals surface area contributed by atoms with E-state index < -0.39 is 0 Å². The van der Waals surface area contributed by atoms with Crippen molar-refractivity contribution in [3.63, 3.8) is 0 Å². The fourth-order valence-corrected chi connectivity index (χ4v) is 2.64. The van der Waals surface area contributed by atoms with Crippen molar-refractivity contribution in [1.82, 2.24) is 10.3 Å². The van der Waals surface area contributed by atoms with Gasteiger partial charge in [-0.2, -0.15) is 5.26 Å². The number of nitrogens with zero attached hydrogens (tertiary/aromatic N) is 2. The minimum Gasteiger partial charge on any atom is -0.497 e. The van der Waals surface area contributed by atoms with Crippen LogP contribution in [0.2, 0.25) is 0 Å². The first-order valence-corrected chi connectivity index (χ1v) is 8.83. The number of nitriles is 1. The van der Waals surface area contributed by atoms with Crippen molar-refractivity contribution in [1.29, 1.82) is 5.26 Å². The molecule has 0 bridgehead atoms. The summed E-state index contributed by atoms with van der Waals surface area (Å²) in [5.41, 5.74) is 2.81. The number of benzene rings is 2. The summed E-state index contributed by atoms with van der Waals surface area (Å²) in [5.74, 6) is 1.20. The molecule has 0 aliphatic carbocycles. The molecule has 0 saturated heterocycles. The number of para-hydroxylation sites is 1. The van der Waals surface area contributed by atoms with Crippen LogP contribution in [0.15, 0.2) is 66.9 Å². The van der Waals surface area contributed by atoms with Crippen LogP contribution < -0.4 is 15.4 Å². The molecule has 3 rings (SSSR count). The molecule has 3 aromatic rings. The molecule has 0 aliphatic heterocycles. The number of ether oxygens (including phenoxy) is 1. The number of nitrogens with one attached hydrogen (secondary N) is 2. The second-order valence-electron chi connectivity index (χ2n) is 6.07. The highest BCUT2D eigenvalue weighted by atomic mass is 16.5. The molecule has 0 fully saturated rings. The molecule has 6 nitrogen and oxygen atoms in total. The molecule has 2 aromatic carbocycles. The normalized spacial score (nSPS) is 10.0. The molecule has 1 heterocycles. The number of carbonyl (C=O) groups excluding carboxylic acids is 1. The van der Waals surface area contributed by atoms with E-state index in [9.17, 15) is 4.79 Å². The molecular formula is C22H20N4O2. The Labute approximate surface area is 163 Å². The van der Waals surface area contributed by atoms with Crippen molar-refractivity contribution in [2.24, 2.45) is 0 Å². The third-order valence-electron chi connectivity index (χ3n) is 4.19. The van der Waals surface area contributed by atoms with Gasteiger partial charge in [-0.1, -0.05) is 24.3 Å². The Morgan fingerprint density at radius 1 is 1.11 bits per heavy atom. The summed E-state index contributed by atoms with van der Waals surface area (Å²) in [6, 6.07) is 20.5. The van der Waals surface area contributed by atoms with Crippen LogP contribution in [0.1, 0.15) is 21.5 Å². The van der Waals surface area contributed by atoms with E-state index in [-0.39, 0.29) is 5.91 Å². The number of hydrogen-bond donors (Lipinski definition) is 2. The zero-order valence-electron chi connectivity index (χ0n) is 15.5. The Bertz CT molecular complexity index is 977. The van der Waals surface area contributed by atoms with Gasteiger partial charge in [-0.3, -0.25) is 4.79 Å². The summed E-state index contributed by atoms with van der Waals surface area (Å²) in [4.78, 5) is 16.5. The van der Waals surface area contributed by atoms with Gasteiger partial charge < -0.3 is 15.4 Å². The van der Waals surface area contributed by atoms with Crippen LogP contribution in [0.4, 0.5) is 11.5 Å². The Balaban J connectivity index is 1.54. The molecule has 0 saturated carbocycles. The summed E-state index contributed by atoms with van der Waals surface area (Å²) in [7, 11) is 1.63. The van der Waals surface area contributed by atoms with Gasteiger partial charge in [0.15, 0.2) is 0 Å². The number of pyridine rings is 1. The van der Waals surface area contributed by atoms with Gasteiger partial charge in [-0.25, -0.2) is 4.98 Å². The van der Waals surface area contributed by atoms with E-state index in [1.54, 1.807) is 37.4 Å². The highest BCUT2D eigenvalue weighted by molar-refractivity contribution is 5.94. The summed E-state index contributed by atoms with van der Waals surface area (Å²) in [6.45, 7) is 0.528. The minimum absolute atomic E-state index is 0.176. The summed E-state index contributed by atoms with van der Waals surface area (Å²) in [5, 5.41) is 15.1. The highest BCUT2D eigenvalue weighted by Crippen LogP contribution is 2.18. The second-order valence-corrected chi connectivity index (χ2v) is 6.07. The lowest BCUT2D eigenvalue weighted by atomic mass is 10.1. The number of aromatic nitrogens is 1. The zero-order chi connectivity index (χ0) is 19.8. The summed E-state index contributed by atoms with van der Waals surface area (Å²) >= 11 is 0. The van der Waals surface area contributed by atoms with Crippen LogP contribution in [0.25, 0.3) is 0 Å². The average molecular weight is 372 g/mol. The fourth-order valence-electron chi connectivity index (χ4n) is 2.64. The smallest absolute Gasteiger partial charge is 0.252 e. The first-order valence-electron chi connectivity index (χ1n) is 8.83. The van der Waals surface area contributed by atoms with Gasteiger partial charge in [0.2, 0.25) is 0 Å². The maximum absolute atomic E-state index is 12.3. The first kappa shape index (κ1) is 18.9. The van der Waals surface area contributed by atoms with Crippen LogP contribution in [0, 0.1) is 11.3 Å². The molecule has 0 aliphatic rings. The minimum atomic E-state index is -0.176. The van der Waals surface area contributed by atoms with E-state index in [4.69, 9.17) is 10.00 Å². The Kier molecular flexibility index (Phi) is 6.21. The lowest BCUT2D eigenvalue weighted by Gasteiger charge is -2.09. The lowest BCUT2D eigenvalue weighted by Crippen LogP contribution is -2.25. The lowest BCUT2D eigenvalue weighted by molar-refractivity contribution is 0.0954. The Morgan fingerprint density at radius 2 is 1.89 bits per heavy atom. The maximum Gasteiger partial charge on any atom is 0.252 e. The van der Waals surface area contributed by atoms with E-state index in [0.717, 1.165) is 17.7 Å². The number of hydrogen-bond acceptors (Lipinski definition) is 5. The first-order chi connectivity index (χ1) is 13.7. The predicted octanol–water partition coefficient (Wildman–Crippen LogP) is 3.68. The van der Waals surface area contributed by atoms with E-state index >= 15 is 0 Å². The van der Waals surface area contributed by atoms with Gasteiger partial charge in [0.1, 0.15) is 17.6 Å². The van der Waals surface area contributed by atoms with Crippen molar-refractivity contribution in [2.45, 2.75) is 6.42 Å². The predicted molar refractivity (Wildman–Crippen MR) is 108 cm³/mol. The van der Waals surface area contributed by atoms with Gasteiger partial charge >= 0.3 is 0 Å². The van der Waals surface area contributed by atoms with E-state index in [1.165, 1.54) is 6.20 Å². The van der Waals surface area contributed by atoms with E-state index in [2.05, 4.69) is 21.7 Å². The molecular weight excluding hydrogens is 352 g/mol. The van der Waals surface area contributed by atoms with Crippen molar-refractivity contribution < 1.29 is 9.53 Å². The van der Waals surface area contributed by atoms with Crippen LogP contribution in [-0.4, -0.2) is 24.5 Å². The quantitative estimate of drug-likeness (QED) is 0.661. The van der Waals surface area contributed by atoms with Crippen molar-refractivity contribution >= 4 is 17.4 Å². The zero-order valence-corrected chi connectivity index (χ0v) is 15.5. The Morgan fingerprint density at radius 3 is 2.57 bits per heavy atom. The van der Waals surface area contributed by atoms with Crippen molar-refractivity contribution in [3.05, 3.63) is 83.6 Å². The molecule has 0 radical (unpaired) electrons. The SMILES string of the molecule is COc1ccc(CCNC(=O)c2ccc(Nc3ccccc3C#N)nc2)cc1. The topological polar surface area (TPSA) is 87.0 Å². The third kappa shape index (κ3) is 4.86. The standard InChI is InChI=1S/C22H20N4O2/c1-28-19-9-6-16(7-10-19)12-13-24-22(27)18-8-11-21(25-15-18)26-20-5-3-2-4-17(20)14-23/h2-11,15H,12-13H2,1H3,(H,24,27)(H,25,26). The van der Waals surface area contributed by atoms with E-state index in [0.29, 0.717) is 29.2 Å². The molecule has 140 valence electrons. The number of carbonyl (C=O) groups is 1. The molecule has 1 amide bonds. The highest BCUT2D eigenvalue weighted by Gasteiger charge is 2.07. The Hall–Kier alpha value is -3.85. The van der Waals surface area contributed by atoms with Gasteiger partial charge in [0.05, 0.1) is 23.9 Å². The molecule has 1 aromatic heterocycles. The van der Waals surface area contributed by atoms with Crippen LogP contribution in [-0.2, 0) is 6.42 Å². The van der Waals surface area contributed by atoms with Gasteiger partial charge in [-0.15, -0.1) is 0 Å². The summed E-state index contributed by atoms with van der Waals surface area (Å²) < 4.78 is 5.13. The molecule has 0 atom stereocenters. The van der Waals surface area contributed by atoms with Gasteiger partial charge in [0.25, 0.3) is 5.91 Å². The number of methoxy groups -OCH3 is 1. The number of rotatable bonds is 7. The molecule has 6 heteroatoms. The maximum atomic E-state index is 12.3. The van der Waals surface area contributed by atoms with Crippen molar-refractivity contribution in [2.75, 3.05) is 19.0 Å². The van der Waals surface area contributed by atoms with E-state index in [1.807, 2.05) is 30.3 Å². The van der Waals surface area contributed by atoms with Crippen molar-refractivity contribution in [3.8, 4) is 11.8 Å². The van der Waals surface area contributed by atoms with Gasteiger partial charge in [0, 0.05) is 12.7 Å². The molecule has 2 N–H and O–H groups in total. The van der Waals surface area contributed by atoms with Crippen LogP contribution in [0.3, 0.4) is 0 Å². The number of amides is 1.